The van der Waals surface area contributed by atoms with Crippen molar-refractivity contribution >= 4 is 0 Å². The molecule has 3 nitrogen and oxygen atoms in total. The van der Waals surface area contributed by atoms with E-state index in [4.69, 9.17) is 4.74 Å². The SMILES string of the molecule is CCNC(c1cncc(F)c1)c1ccc(C)c(C)c1OC. The van der Waals surface area contributed by atoms with E-state index in [-0.39, 0.29) is 11.9 Å². The fourth-order valence-electron chi connectivity index (χ4n) is 2.51. The summed E-state index contributed by atoms with van der Waals surface area (Å²) in [5.74, 6) is 0.503. The van der Waals surface area contributed by atoms with Crippen LogP contribution in [0.5, 0.6) is 5.75 Å². The third-order valence-corrected chi connectivity index (χ3v) is 3.69. The van der Waals surface area contributed by atoms with Crippen LogP contribution >= 0.6 is 0 Å². The number of rotatable bonds is 5. The van der Waals surface area contributed by atoms with Crippen molar-refractivity contribution in [1.82, 2.24) is 10.3 Å². The van der Waals surface area contributed by atoms with Gasteiger partial charge in [-0.15, -0.1) is 0 Å². The Balaban J connectivity index is 2.55. The number of hydrogen-bond acceptors (Lipinski definition) is 3. The van der Waals surface area contributed by atoms with Gasteiger partial charge in [0.1, 0.15) is 11.6 Å². The molecule has 0 amide bonds. The van der Waals surface area contributed by atoms with E-state index in [1.165, 1.54) is 17.8 Å². The molecule has 1 aromatic heterocycles. The van der Waals surface area contributed by atoms with E-state index in [1.807, 2.05) is 26.8 Å². The number of methoxy groups -OCH3 is 1. The third-order valence-electron chi connectivity index (χ3n) is 3.69. The first-order valence-electron chi connectivity index (χ1n) is 7.06. The van der Waals surface area contributed by atoms with Gasteiger partial charge in [0.25, 0.3) is 0 Å². The van der Waals surface area contributed by atoms with Crippen LogP contribution in [0.15, 0.2) is 30.6 Å². The molecule has 0 radical (unpaired) electrons. The molecule has 2 rings (SSSR count). The monoisotopic (exact) mass is 288 g/mol. The Hall–Kier alpha value is -1.94. The van der Waals surface area contributed by atoms with E-state index in [1.54, 1.807) is 13.3 Å². The second kappa shape index (κ2) is 6.68. The lowest BCUT2D eigenvalue weighted by molar-refractivity contribution is 0.400. The molecule has 1 aromatic carbocycles. The predicted octanol–water partition coefficient (Wildman–Crippen LogP) is 3.55. The summed E-state index contributed by atoms with van der Waals surface area (Å²) in [6.45, 7) is 6.86. The first kappa shape index (κ1) is 15.4. The zero-order valence-corrected chi connectivity index (χ0v) is 12.9. The second-order valence-electron chi connectivity index (χ2n) is 5.06. The van der Waals surface area contributed by atoms with Gasteiger partial charge in [-0.25, -0.2) is 4.39 Å². The average Bonchev–Trinajstić information content (AvgIpc) is 2.48. The minimum absolute atomic E-state index is 0.146. The highest BCUT2D eigenvalue weighted by Gasteiger charge is 2.20. The van der Waals surface area contributed by atoms with Gasteiger partial charge < -0.3 is 10.1 Å². The van der Waals surface area contributed by atoms with E-state index in [2.05, 4.69) is 16.4 Å². The van der Waals surface area contributed by atoms with Crippen LogP contribution in [0.1, 0.15) is 35.2 Å². The van der Waals surface area contributed by atoms with Crippen molar-refractivity contribution in [2.45, 2.75) is 26.8 Å². The summed E-state index contributed by atoms with van der Waals surface area (Å²) in [7, 11) is 1.66. The van der Waals surface area contributed by atoms with Gasteiger partial charge in [-0.05, 0) is 43.1 Å². The molecule has 0 aliphatic rings. The Morgan fingerprint density at radius 3 is 2.67 bits per heavy atom. The minimum atomic E-state index is -0.335. The van der Waals surface area contributed by atoms with Gasteiger partial charge in [0, 0.05) is 11.8 Å². The van der Waals surface area contributed by atoms with Crippen LogP contribution in [-0.2, 0) is 0 Å². The van der Waals surface area contributed by atoms with Crippen LogP contribution in [0.3, 0.4) is 0 Å². The van der Waals surface area contributed by atoms with Crippen LogP contribution in [-0.4, -0.2) is 18.6 Å². The fraction of sp³-hybridized carbons (Fsp3) is 0.353. The number of nitrogens with zero attached hydrogens (tertiary/aromatic N) is 1. The van der Waals surface area contributed by atoms with Crippen molar-refractivity contribution in [1.29, 1.82) is 0 Å². The molecule has 0 fully saturated rings. The molecule has 0 spiro atoms. The molecule has 1 heterocycles. The van der Waals surface area contributed by atoms with E-state index in [0.717, 1.165) is 29.0 Å². The van der Waals surface area contributed by atoms with Gasteiger partial charge in [-0.1, -0.05) is 19.1 Å². The Morgan fingerprint density at radius 1 is 1.29 bits per heavy atom. The standard InChI is InChI=1S/C17H21FN2O/c1-5-20-16(13-8-14(18)10-19-9-13)15-7-6-11(2)12(3)17(15)21-4/h6-10,16,20H,5H2,1-4H3. The van der Waals surface area contributed by atoms with Crippen LogP contribution in [0.25, 0.3) is 0 Å². The van der Waals surface area contributed by atoms with Crippen LogP contribution in [0.2, 0.25) is 0 Å². The first-order chi connectivity index (χ1) is 10.1. The van der Waals surface area contributed by atoms with Gasteiger partial charge >= 0.3 is 0 Å². The van der Waals surface area contributed by atoms with Gasteiger partial charge in [-0.2, -0.15) is 0 Å². The van der Waals surface area contributed by atoms with Gasteiger partial charge in [0.05, 0.1) is 19.3 Å². The molecule has 0 saturated heterocycles. The smallest absolute Gasteiger partial charge is 0.141 e. The molecule has 112 valence electrons. The normalized spacial score (nSPS) is 12.2. The lowest BCUT2D eigenvalue weighted by atomic mass is 9.95. The number of aryl methyl sites for hydroxylation is 1. The van der Waals surface area contributed by atoms with Crippen molar-refractivity contribution < 1.29 is 9.13 Å². The molecular formula is C17H21FN2O. The predicted molar refractivity (Wildman–Crippen MR) is 82.2 cm³/mol. The highest BCUT2D eigenvalue weighted by atomic mass is 19.1. The van der Waals surface area contributed by atoms with Gasteiger partial charge in [0.15, 0.2) is 0 Å². The number of pyridine rings is 1. The summed E-state index contributed by atoms with van der Waals surface area (Å²) in [5, 5.41) is 3.38. The maximum absolute atomic E-state index is 13.5. The maximum atomic E-state index is 13.5. The van der Waals surface area contributed by atoms with Gasteiger partial charge in [0.2, 0.25) is 0 Å². The molecule has 2 aromatic rings. The number of benzene rings is 1. The van der Waals surface area contributed by atoms with Crippen LogP contribution < -0.4 is 10.1 Å². The molecule has 0 aliphatic carbocycles. The molecule has 0 bridgehead atoms. The topological polar surface area (TPSA) is 34.2 Å². The number of aromatic nitrogens is 1. The van der Waals surface area contributed by atoms with E-state index >= 15 is 0 Å². The number of halogens is 1. The summed E-state index contributed by atoms with van der Waals surface area (Å²) in [6.07, 6.45) is 2.90. The first-order valence-corrected chi connectivity index (χ1v) is 7.06. The van der Waals surface area contributed by atoms with Gasteiger partial charge in [-0.3, -0.25) is 4.98 Å². The molecule has 0 aliphatic heterocycles. The number of hydrogen-bond donors (Lipinski definition) is 1. The zero-order chi connectivity index (χ0) is 15.4. The summed E-state index contributed by atoms with van der Waals surface area (Å²) in [6, 6.07) is 5.45. The second-order valence-corrected chi connectivity index (χ2v) is 5.06. The molecule has 21 heavy (non-hydrogen) atoms. The Morgan fingerprint density at radius 2 is 2.05 bits per heavy atom. The quantitative estimate of drug-likeness (QED) is 0.913. The molecule has 1 unspecified atom stereocenters. The highest BCUT2D eigenvalue weighted by molar-refractivity contribution is 5.49. The van der Waals surface area contributed by atoms with Crippen LogP contribution in [0, 0.1) is 19.7 Å². The van der Waals surface area contributed by atoms with E-state index in [9.17, 15) is 4.39 Å². The summed E-state index contributed by atoms with van der Waals surface area (Å²) >= 11 is 0. The summed E-state index contributed by atoms with van der Waals surface area (Å²) < 4.78 is 19.1. The lowest BCUT2D eigenvalue weighted by Crippen LogP contribution is -2.23. The van der Waals surface area contributed by atoms with Crippen molar-refractivity contribution in [3.63, 3.8) is 0 Å². The van der Waals surface area contributed by atoms with E-state index in [0.29, 0.717) is 0 Å². The van der Waals surface area contributed by atoms with Crippen molar-refractivity contribution in [2.75, 3.05) is 13.7 Å². The highest BCUT2D eigenvalue weighted by Crippen LogP contribution is 2.34. The Kier molecular flexibility index (Phi) is 4.91. The zero-order valence-electron chi connectivity index (χ0n) is 12.9. The summed E-state index contributed by atoms with van der Waals surface area (Å²) in [5.41, 5.74) is 4.05. The van der Waals surface area contributed by atoms with Crippen molar-refractivity contribution in [3.05, 3.63) is 58.7 Å². The Bertz CT molecular complexity index is 628. The third kappa shape index (κ3) is 3.22. The lowest BCUT2D eigenvalue weighted by Gasteiger charge is -2.23. The number of ether oxygens (including phenoxy) is 1. The number of nitrogens with one attached hydrogen (secondary N) is 1. The minimum Gasteiger partial charge on any atom is -0.496 e. The van der Waals surface area contributed by atoms with Crippen molar-refractivity contribution in [2.24, 2.45) is 0 Å². The van der Waals surface area contributed by atoms with E-state index < -0.39 is 0 Å². The molecule has 0 saturated carbocycles. The molecular weight excluding hydrogens is 267 g/mol. The largest absolute Gasteiger partial charge is 0.496 e. The maximum Gasteiger partial charge on any atom is 0.141 e. The summed E-state index contributed by atoms with van der Waals surface area (Å²) in [4.78, 5) is 3.95. The Labute approximate surface area is 125 Å². The van der Waals surface area contributed by atoms with Crippen molar-refractivity contribution in [3.8, 4) is 5.75 Å². The average molecular weight is 288 g/mol. The molecule has 1 atom stereocenters. The molecule has 4 heteroatoms. The molecule has 1 N–H and O–H groups in total. The van der Waals surface area contributed by atoms with Crippen LogP contribution in [0.4, 0.5) is 4.39 Å². The fourth-order valence-corrected chi connectivity index (χ4v) is 2.51.